The number of esters is 1. The fraction of sp³-hybridized carbons (Fsp3) is 0.292. The molecular weight excluding hydrogens is 398 g/mol. The molecule has 3 rings (SSSR count). The van der Waals surface area contributed by atoms with Crippen LogP contribution in [0.25, 0.3) is 11.0 Å². The predicted molar refractivity (Wildman–Crippen MR) is 118 cm³/mol. The number of hydrogen-bond donors (Lipinski definition) is 1. The summed E-state index contributed by atoms with van der Waals surface area (Å²) in [5.74, 6) is -0.657. The molecule has 0 spiro atoms. The highest BCUT2D eigenvalue weighted by molar-refractivity contribution is 6.08. The minimum atomic E-state index is -0.742. The maximum Gasteiger partial charge on any atom is 0.374 e. The van der Waals surface area contributed by atoms with Crippen molar-refractivity contribution in [2.45, 2.75) is 39.7 Å². The average molecular weight is 423 g/mol. The molecule has 1 aromatic heterocycles. The monoisotopic (exact) mass is 423 g/mol. The zero-order chi connectivity index (χ0) is 22.4. The van der Waals surface area contributed by atoms with Gasteiger partial charge >= 0.3 is 5.97 Å². The van der Waals surface area contributed by atoms with E-state index >= 15 is 0 Å². The number of unbranched alkanes of at least 4 members (excludes halogenated alkanes) is 1. The van der Waals surface area contributed by atoms with E-state index in [-0.39, 0.29) is 34.4 Å². The highest BCUT2D eigenvalue weighted by Crippen LogP contribution is 2.24. The van der Waals surface area contributed by atoms with Gasteiger partial charge < -0.3 is 19.2 Å². The lowest BCUT2D eigenvalue weighted by Crippen LogP contribution is -2.16. The molecule has 31 heavy (non-hydrogen) atoms. The molecule has 1 heterocycles. The molecule has 162 valence electrons. The van der Waals surface area contributed by atoms with Crippen molar-refractivity contribution in [2.24, 2.45) is 0 Å². The van der Waals surface area contributed by atoms with Gasteiger partial charge in [-0.15, -0.1) is 0 Å². The molecule has 0 fully saturated rings. The van der Waals surface area contributed by atoms with Crippen LogP contribution in [0.5, 0.6) is 5.75 Å². The SMILES string of the molecule is CCCCOc1ccc(C(=O)Nc2cccc3c(=O)cc(C(=O)OC(C)C)oc23)cc1. The molecule has 0 bridgehead atoms. The van der Waals surface area contributed by atoms with Gasteiger partial charge in [0, 0.05) is 11.6 Å². The van der Waals surface area contributed by atoms with Gasteiger partial charge in [-0.2, -0.15) is 0 Å². The van der Waals surface area contributed by atoms with E-state index in [1.54, 1.807) is 56.3 Å². The summed E-state index contributed by atoms with van der Waals surface area (Å²) in [6.45, 7) is 6.10. The van der Waals surface area contributed by atoms with Gasteiger partial charge in [-0.25, -0.2) is 4.79 Å². The largest absolute Gasteiger partial charge is 0.494 e. The predicted octanol–water partition coefficient (Wildman–Crippen LogP) is 4.79. The van der Waals surface area contributed by atoms with E-state index in [0.717, 1.165) is 18.9 Å². The quantitative estimate of drug-likeness (QED) is 0.413. The summed E-state index contributed by atoms with van der Waals surface area (Å²) in [6, 6.07) is 12.7. The smallest absolute Gasteiger partial charge is 0.374 e. The van der Waals surface area contributed by atoms with Crippen LogP contribution in [-0.2, 0) is 4.74 Å². The molecule has 0 radical (unpaired) electrons. The second-order valence-corrected chi connectivity index (χ2v) is 7.29. The van der Waals surface area contributed by atoms with Crippen molar-refractivity contribution in [1.82, 2.24) is 0 Å². The molecule has 3 aromatic rings. The van der Waals surface area contributed by atoms with Crippen LogP contribution < -0.4 is 15.5 Å². The number of benzene rings is 2. The molecule has 0 aliphatic rings. The Balaban J connectivity index is 1.85. The summed E-state index contributed by atoms with van der Waals surface area (Å²) in [7, 11) is 0. The van der Waals surface area contributed by atoms with Crippen LogP contribution in [0.3, 0.4) is 0 Å². The van der Waals surface area contributed by atoms with Crippen LogP contribution in [0.1, 0.15) is 54.5 Å². The standard InChI is InChI=1S/C24H25NO6/c1-4-5-13-29-17-11-9-16(10-12-17)23(27)25-19-8-6-7-18-20(26)14-21(31-22(18)19)24(28)30-15(2)3/h6-12,14-15H,4-5,13H2,1-3H3,(H,25,27). The molecular formula is C24H25NO6. The van der Waals surface area contributed by atoms with Gasteiger partial charge in [-0.3, -0.25) is 9.59 Å². The van der Waals surface area contributed by atoms with Gasteiger partial charge in [0.2, 0.25) is 5.76 Å². The molecule has 0 saturated heterocycles. The van der Waals surface area contributed by atoms with E-state index in [1.165, 1.54) is 0 Å². The fourth-order valence-corrected chi connectivity index (χ4v) is 2.88. The Morgan fingerprint density at radius 2 is 1.84 bits per heavy atom. The van der Waals surface area contributed by atoms with Gasteiger partial charge in [0.15, 0.2) is 11.0 Å². The average Bonchev–Trinajstić information content (AvgIpc) is 2.74. The van der Waals surface area contributed by atoms with Crippen LogP contribution in [0.15, 0.2) is 57.7 Å². The third-order valence-corrected chi connectivity index (χ3v) is 4.43. The Labute approximate surface area is 180 Å². The molecule has 0 atom stereocenters. The minimum Gasteiger partial charge on any atom is -0.494 e. The van der Waals surface area contributed by atoms with Crippen molar-refractivity contribution in [2.75, 3.05) is 11.9 Å². The van der Waals surface area contributed by atoms with Crippen LogP contribution in [0.2, 0.25) is 0 Å². The Hall–Kier alpha value is -3.61. The number of carbonyl (C=O) groups is 2. The van der Waals surface area contributed by atoms with Crippen LogP contribution in [0.4, 0.5) is 5.69 Å². The summed E-state index contributed by atoms with van der Waals surface area (Å²) in [5.41, 5.74) is 0.403. The van der Waals surface area contributed by atoms with Gasteiger partial charge in [0.25, 0.3) is 5.91 Å². The molecule has 7 heteroatoms. The van der Waals surface area contributed by atoms with E-state index in [4.69, 9.17) is 13.9 Å². The Morgan fingerprint density at radius 1 is 1.10 bits per heavy atom. The molecule has 0 unspecified atom stereocenters. The van der Waals surface area contributed by atoms with E-state index in [2.05, 4.69) is 12.2 Å². The number of hydrogen-bond acceptors (Lipinski definition) is 6. The number of anilines is 1. The third-order valence-electron chi connectivity index (χ3n) is 4.43. The number of ether oxygens (including phenoxy) is 2. The molecule has 1 amide bonds. The number of para-hydroxylation sites is 1. The van der Waals surface area contributed by atoms with Crippen molar-refractivity contribution in [1.29, 1.82) is 0 Å². The van der Waals surface area contributed by atoms with Crippen molar-refractivity contribution in [3.05, 3.63) is 70.1 Å². The van der Waals surface area contributed by atoms with E-state index in [1.807, 2.05) is 0 Å². The second-order valence-electron chi connectivity index (χ2n) is 7.29. The zero-order valence-electron chi connectivity index (χ0n) is 17.8. The Bertz CT molecular complexity index is 1130. The van der Waals surface area contributed by atoms with Crippen molar-refractivity contribution in [3.8, 4) is 5.75 Å². The van der Waals surface area contributed by atoms with Gasteiger partial charge in [-0.05, 0) is 56.7 Å². The summed E-state index contributed by atoms with van der Waals surface area (Å²) in [4.78, 5) is 37.3. The normalized spacial score (nSPS) is 10.8. The van der Waals surface area contributed by atoms with Crippen molar-refractivity contribution < 1.29 is 23.5 Å². The van der Waals surface area contributed by atoms with E-state index < -0.39 is 11.4 Å². The number of rotatable bonds is 8. The lowest BCUT2D eigenvalue weighted by molar-refractivity contribution is 0.0342. The number of nitrogens with one attached hydrogen (secondary N) is 1. The highest BCUT2D eigenvalue weighted by atomic mass is 16.6. The summed E-state index contributed by atoms with van der Waals surface area (Å²) in [6.07, 6.45) is 1.64. The van der Waals surface area contributed by atoms with E-state index in [0.29, 0.717) is 17.9 Å². The number of amides is 1. The summed E-state index contributed by atoms with van der Waals surface area (Å²) >= 11 is 0. The molecule has 0 aliphatic carbocycles. The van der Waals surface area contributed by atoms with Gasteiger partial charge in [0.1, 0.15) is 5.75 Å². The fourth-order valence-electron chi connectivity index (χ4n) is 2.88. The summed E-state index contributed by atoms with van der Waals surface area (Å²) in [5, 5.41) is 2.99. The first-order chi connectivity index (χ1) is 14.9. The van der Waals surface area contributed by atoms with Crippen molar-refractivity contribution >= 4 is 28.5 Å². The van der Waals surface area contributed by atoms with E-state index in [9.17, 15) is 14.4 Å². The number of fused-ring (bicyclic) bond motifs is 1. The molecule has 7 nitrogen and oxygen atoms in total. The highest BCUT2D eigenvalue weighted by Gasteiger charge is 2.18. The lowest BCUT2D eigenvalue weighted by Gasteiger charge is -2.11. The maximum absolute atomic E-state index is 12.7. The first-order valence-corrected chi connectivity index (χ1v) is 10.2. The van der Waals surface area contributed by atoms with Crippen LogP contribution >= 0.6 is 0 Å². The molecule has 2 aromatic carbocycles. The first kappa shape index (κ1) is 22.1. The second kappa shape index (κ2) is 9.93. The lowest BCUT2D eigenvalue weighted by atomic mass is 10.1. The summed E-state index contributed by atoms with van der Waals surface area (Å²) < 4.78 is 16.4. The molecule has 0 aliphatic heterocycles. The van der Waals surface area contributed by atoms with Crippen LogP contribution in [-0.4, -0.2) is 24.6 Å². The topological polar surface area (TPSA) is 94.8 Å². The van der Waals surface area contributed by atoms with Gasteiger partial charge in [-0.1, -0.05) is 19.4 Å². The molecule has 0 saturated carbocycles. The zero-order valence-corrected chi connectivity index (χ0v) is 17.8. The number of carbonyl (C=O) groups excluding carboxylic acids is 2. The maximum atomic E-state index is 12.7. The first-order valence-electron chi connectivity index (χ1n) is 10.2. The Morgan fingerprint density at radius 3 is 2.52 bits per heavy atom. The third kappa shape index (κ3) is 5.51. The molecule has 1 N–H and O–H groups in total. The van der Waals surface area contributed by atoms with Gasteiger partial charge in [0.05, 0.1) is 23.8 Å². The van der Waals surface area contributed by atoms with Crippen LogP contribution in [0, 0.1) is 0 Å². The minimum absolute atomic E-state index is 0.110. The Kier molecular flexibility index (Phi) is 7.07. The van der Waals surface area contributed by atoms with Crippen molar-refractivity contribution in [3.63, 3.8) is 0 Å².